The molecule has 2 aromatic rings. The first-order chi connectivity index (χ1) is 13.8. The molecule has 0 atom stereocenters. The molecule has 0 fully saturated rings. The summed E-state index contributed by atoms with van der Waals surface area (Å²) >= 11 is 0. The minimum absolute atomic E-state index is 0.187. The molecule has 0 amide bonds. The van der Waals surface area contributed by atoms with Gasteiger partial charge < -0.3 is 9.29 Å². The summed E-state index contributed by atoms with van der Waals surface area (Å²) in [7, 11) is -20.6. The predicted octanol–water partition coefficient (Wildman–Crippen LogP) is -0.107. The van der Waals surface area contributed by atoms with Gasteiger partial charge in [-0.1, -0.05) is 0 Å². The van der Waals surface area contributed by atoms with Gasteiger partial charge in [-0.3, -0.25) is 13.7 Å². The van der Waals surface area contributed by atoms with E-state index >= 15 is 0 Å². The maximum Gasteiger partial charge on any atom is 0.339 e. The van der Waals surface area contributed by atoms with E-state index < -0.39 is 77.3 Å². The first-order valence-electron chi connectivity index (χ1n) is 7.22. The average Bonchev–Trinajstić information content (AvgIpc) is 2.58. The van der Waals surface area contributed by atoms with Crippen LogP contribution in [0.25, 0.3) is 0 Å². The molecule has 2 aromatic carbocycles. The number of carboxylic acids is 1. The van der Waals surface area contributed by atoms with E-state index in [0.717, 1.165) is 0 Å². The summed E-state index contributed by atoms with van der Waals surface area (Å²) in [5.74, 6) is -2.97. The van der Waals surface area contributed by atoms with Crippen LogP contribution in [-0.4, -0.2) is 58.4 Å². The van der Waals surface area contributed by atoms with Gasteiger partial charge in [-0.25, -0.2) is 4.79 Å². The minimum atomic E-state index is -5.30. The highest BCUT2D eigenvalue weighted by Gasteiger charge is 2.29. The van der Waals surface area contributed by atoms with Crippen molar-refractivity contribution in [3.63, 3.8) is 0 Å². The van der Waals surface area contributed by atoms with Crippen LogP contribution >= 0.6 is 0 Å². The van der Waals surface area contributed by atoms with Crippen molar-refractivity contribution in [3.05, 3.63) is 42.0 Å². The first kappa shape index (κ1) is 24.7. The predicted molar refractivity (Wildman–Crippen MR) is 97.1 cm³/mol. The molecular weight excluding hydrogens is 508 g/mol. The molecule has 4 N–H and O–H groups in total. The molecule has 0 unspecified atom stereocenters. The molecule has 31 heavy (non-hydrogen) atoms. The molecule has 2 rings (SSSR count). The monoisotopic (exact) mass is 518 g/mol. The Bertz CT molecular complexity index is 1500. The molecule has 0 aliphatic heterocycles. The lowest BCUT2D eigenvalue weighted by atomic mass is 10.2. The molecule has 0 aromatic heterocycles. The Morgan fingerprint density at radius 3 is 1.61 bits per heavy atom. The van der Waals surface area contributed by atoms with Crippen LogP contribution in [0.5, 0.6) is 5.75 Å². The SMILES string of the molecule is O=C(O)c1ccc(S(=O)(=O)Oc2ccc(S(=O)(=O)O)cc2S(=O)(=O)O)cc1S(=O)(=O)O. The zero-order valence-electron chi connectivity index (χ0n) is 14.5. The van der Waals surface area contributed by atoms with E-state index in [0.29, 0.717) is 24.3 Å². The Morgan fingerprint density at radius 1 is 0.677 bits per heavy atom. The lowest BCUT2D eigenvalue weighted by molar-refractivity contribution is 0.0692. The Labute approximate surface area is 175 Å². The zero-order valence-corrected chi connectivity index (χ0v) is 17.7. The van der Waals surface area contributed by atoms with E-state index in [1.54, 1.807) is 0 Å². The van der Waals surface area contributed by atoms with E-state index in [-0.39, 0.29) is 12.1 Å². The second-order valence-electron chi connectivity index (χ2n) is 5.53. The first-order valence-corrected chi connectivity index (χ1v) is 13.0. The van der Waals surface area contributed by atoms with Gasteiger partial charge in [0.25, 0.3) is 30.4 Å². The summed E-state index contributed by atoms with van der Waals surface area (Å²) in [5, 5.41) is 8.96. The molecule has 0 spiro atoms. The van der Waals surface area contributed by atoms with Crippen molar-refractivity contribution in [1.82, 2.24) is 0 Å². The van der Waals surface area contributed by atoms with Gasteiger partial charge >= 0.3 is 16.1 Å². The molecule has 0 saturated carbocycles. The highest BCUT2D eigenvalue weighted by Crippen LogP contribution is 2.30. The van der Waals surface area contributed by atoms with Gasteiger partial charge in [-0.05, 0) is 36.4 Å². The van der Waals surface area contributed by atoms with E-state index in [1.165, 1.54) is 0 Å². The second-order valence-corrected chi connectivity index (χ2v) is 11.3. The number of carbonyl (C=O) groups is 1. The number of hydrogen-bond donors (Lipinski definition) is 4. The van der Waals surface area contributed by atoms with Crippen molar-refractivity contribution >= 4 is 46.4 Å². The van der Waals surface area contributed by atoms with Gasteiger partial charge in [0, 0.05) is 0 Å². The summed E-state index contributed by atoms with van der Waals surface area (Å²) in [6.45, 7) is 0. The van der Waals surface area contributed by atoms with Crippen LogP contribution in [0.3, 0.4) is 0 Å². The third-order valence-electron chi connectivity index (χ3n) is 3.44. The Hall–Kier alpha value is -2.61. The van der Waals surface area contributed by atoms with Crippen LogP contribution in [0.2, 0.25) is 0 Å². The quantitative estimate of drug-likeness (QED) is 0.276. The van der Waals surface area contributed by atoms with Gasteiger partial charge in [0.15, 0.2) is 5.75 Å². The fourth-order valence-electron chi connectivity index (χ4n) is 2.13. The highest BCUT2D eigenvalue weighted by molar-refractivity contribution is 7.88. The summed E-state index contributed by atoms with van der Waals surface area (Å²) in [4.78, 5) is 6.28. The summed E-state index contributed by atoms with van der Waals surface area (Å²) in [5.41, 5.74) is -0.988. The van der Waals surface area contributed by atoms with E-state index in [2.05, 4.69) is 4.18 Å². The van der Waals surface area contributed by atoms with Crippen LogP contribution in [-0.2, 0) is 40.5 Å². The fraction of sp³-hybridized carbons (Fsp3) is 0. The lowest BCUT2D eigenvalue weighted by Gasteiger charge is -2.12. The number of aromatic carboxylic acids is 1. The Balaban J connectivity index is 2.69. The third kappa shape index (κ3) is 5.55. The normalized spacial score (nSPS) is 13.0. The van der Waals surface area contributed by atoms with Crippen LogP contribution in [0.15, 0.2) is 56.0 Å². The standard InChI is InChI=1S/C13H10O14S4/c14-13(15)9-3-1-8(6-11(9)29(19,20)21)31(25,26)27-10-4-2-7(28(16,17)18)5-12(10)30(22,23)24/h1-6H,(H,14,15)(H,16,17,18)(H,19,20,21)(H,22,23,24). The van der Waals surface area contributed by atoms with Crippen LogP contribution < -0.4 is 4.18 Å². The van der Waals surface area contributed by atoms with Crippen molar-refractivity contribution in [2.75, 3.05) is 0 Å². The van der Waals surface area contributed by atoms with Gasteiger partial charge in [0.2, 0.25) is 0 Å². The molecule has 0 bridgehead atoms. The molecule has 18 heteroatoms. The molecular formula is C13H10O14S4. The van der Waals surface area contributed by atoms with Crippen molar-refractivity contribution in [3.8, 4) is 5.75 Å². The molecule has 0 aliphatic carbocycles. The summed E-state index contributed by atoms with van der Waals surface area (Å²) in [6.07, 6.45) is 0. The number of carboxylic acid groups (broad SMARTS) is 1. The summed E-state index contributed by atoms with van der Waals surface area (Å²) < 4.78 is 125. The highest BCUT2D eigenvalue weighted by atomic mass is 32.2. The van der Waals surface area contributed by atoms with Crippen LogP contribution in [0.1, 0.15) is 10.4 Å². The van der Waals surface area contributed by atoms with E-state index in [9.17, 15) is 43.0 Å². The molecule has 0 heterocycles. The largest absolute Gasteiger partial charge is 0.478 e. The molecule has 0 saturated heterocycles. The maximum absolute atomic E-state index is 12.4. The van der Waals surface area contributed by atoms with Gasteiger partial charge in [-0.15, -0.1) is 0 Å². The van der Waals surface area contributed by atoms with Crippen molar-refractivity contribution in [2.45, 2.75) is 19.6 Å². The second kappa shape index (κ2) is 7.82. The van der Waals surface area contributed by atoms with Crippen LogP contribution in [0, 0.1) is 0 Å². The molecule has 0 aliphatic rings. The Kier molecular flexibility index (Phi) is 6.22. The van der Waals surface area contributed by atoms with Crippen LogP contribution in [0.4, 0.5) is 0 Å². The topological polar surface area (TPSA) is 244 Å². The summed E-state index contributed by atoms with van der Waals surface area (Å²) in [6, 6.07) is 2.46. The number of hydrogen-bond acceptors (Lipinski definition) is 10. The van der Waals surface area contributed by atoms with Crippen molar-refractivity contribution < 1.29 is 61.4 Å². The van der Waals surface area contributed by atoms with Crippen molar-refractivity contribution in [2.24, 2.45) is 0 Å². The minimum Gasteiger partial charge on any atom is -0.478 e. The maximum atomic E-state index is 12.4. The number of rotatable bonds is 7. The van der Waals surface area contributed by atoms with E-state index in [1.807, 2.05) is 0 Å². The Morgan fingerprint density at radius 2 is 1.16 bits per heavy atom. The smallest absolute Gasteiger partial charge is 0.339 e. The molecule has 0 radical (unpaired) electrons. The van der Waals surface area contributed by atoms with Gasteiger partial charge in [-0.2, -0.15) is 33.7 Å². The lowest BCUT2D eigenvalue weighted by Crippen LogP contribution is -2.15. The average molecular weight is 518 g/mol. The number of benzene rings is 2. The zero-order chi connectivity index (χ0) is 24.0. The fourth-order valence-corrected chi connectivity index (χ4v) is 5.17. The van der Waals surface area contributed by atoms with Crippen molar-refractivity contribution in [1.29, 1.82) is 0 Å². The molecule has 14 nitrogen and oxygen atoms in total. The molecule has 170 valence electrons. The van der Waals surface area contributed by atoms with Gasteiger partial charge in [0.05, 0.1) is 10.5 Å². The third-order valence-corrected chi connectivity index (χ3v) is 7.29. The van der Waals surface area contributed by atoms with E-state index in [4.69, 9.17) is 14.2 Å². The van der Waals surface area contributed by atoms with Gasteiger partial charge in [0.1, 0.15) is 14.7 Å².